The highest BCUT2D eigenvalue weighted by molar-refractivity contribution is 5.89. The van der Waals surface area contributed by atoms with Crippen LogP contribution in [0.5, 0.6) is 0 Å². The largest absolute Gasteiger partial charge is 0.465 e. The minimum atomic E-state index is -0.494. The fraction of sp³-hybridized carbons (Fsp3) is 0.680. The average molecular weight is 447 g/mol. The number of esters is 1. The summed E-state index contributed by atoms with van der Waals surface area (Å²) in [6.45, 7) is 9.70. The molecule has 0 atom stereocenters. The van der Waals surface area contributed by atoms with E-state index < -0.39 is 11.6 Å². The summed E-state index contributed by atoms with van der Waals surface area (Å²) in [5.74, 6) is -0.180. The van der Waals surface area contributed by atoms with E-state index in [-0.39, 0.29) is 17.5 Å². The van der Waals surface area contributed by atoms with Gasteiger partial charge < -0.3 is 14.4 Å². The van der Waals surface area contributed by atoms with Gasteiger partial charge in [-0.2, -0.15) is 0 Å². The van der Waals surface area contributed by atoms with Gasteiger partial charge in [-0.05, 0) is 81.9 Å². The molecule has 32 heavy (non-hydrogen) atoms. The zero-order valence-electron chi connectivity index (χ0n) is 19.7. The van der Waals surface area contributed by atoms with Crippen molar-refractivity contribution in [2.75, 3.05) is 33.3 Å². The molecule has 1 aromatic rings. The molecule has 1 aliphatic carbocycles. The molecule has 1 aromatic carbocycles. The quantitative estimate of drug-likeness (QED) is 0.644. The number of nitrogens with zero attached hydrogens (tertiary/aromatic N) is 2. The van der Waals surface area contributed by atoms with Crippen LogP contribution in [-0.4, -0.2) is 60.8 Å². The molecular weight excluding hydrogens is 411 g/mol. The smallest absolute Gasteiger partial charge is 0.410 e. The van der Waals surface area contributed by atoms with Crippen molar-refractivity contribution in [2.24, 2.45) is 11.3 Å². The summed E-state index contributed by atoms with van der Waals surface area (Å²) in [6, 6.07) is 3.07. The van der Waals surface area contributed by atoms with E-state index in [2.05, 4.69) is 4.90 Å². The Morgan fingerprint density at radius 3 is 2.47 bits per heavy atom. The molecule has 1 saturated carbocycles. The molecule has 0 bridgehead atoms. The molecule has 2 aliphatic heterocycles. The number of benzene rings is 1. The van der Waals surface area contributed by atoms with Crippen molar-refractivity contribution in [3.05, 3.63) is 34.6 Å². The summed E-state index contributed by atoms with van der Waals surface area (Å²) >= 11 is 0. The summed E-state index contributed by atoms with van der Waals surface area (Å²) in [7, 11) is 1.31. The first-order chi connectivity index (χ1) is 15.1. The van der Waals surface area contributed by atoms with Crippen LogP contribution in [0, 0.1) is 17.2 Å². The van der Waals surface area contributed by atoms with Crippen LogP contribution in [0.25, 0.3) is 0 Å². The number of ether oxygens (including phenoxy) is 2. The highest BCUT2D eigenvalue weighted by Gasteiger charge is 2.47. The van der Waals surface area contributed by atoms with Gasteiger partial charge in [0, 0.05) is 38.3 Å². The molecule has 2 fully saturated rings. The third-order valence-electron chi connectivity index (χ3n) is 7.22. The Labute approximate surface area is 190 Å². The van der Waals surface area contributed by atoms with Crippen LogP contribution >= 0.6 is 0 Å². The van der Waals surface area contributed by atoms with Crippen molar-refractivity contribution in [1.29, 1.82) is 0 Å². The van der Waals surface area contributed by atoms with Crippen molar-refractivity contribution in [2.45, 2.75) is 65.0 Å². The van der Waals surface area contributed by atoms with E-state index in [9.17, 15) is 14.0 Å². The molecule has 7 heteroatoms. The fourth-order valence-electron chi connectivity index (χ4n) is 5.62. The van der Waals surface area contributed by atoms with Crippen molar-refractivity contribution in [1.82, 2.24) is 9.80 Å². The van der Waals surface area contributed by atoms with Crippen LogP contribution in [0.1, 0.15) is 67.9 Å². The second-order valence-corrected chi connectivity index (χ2v) is 10.8. The fourth-order valence-corrected chi connectivity index (χ4v) is 5.62. The summed E-state index contributed by atoms with van der Waals surface area (Å²) in [4.78, 5) is 28.2. The number of carbonyl (C=O) groups excluding carboxylic acids is 2. The number of hydrogen-bond donors (Lipinski definition) is 0. The summed E-state index contributed by atoms with van der Waals surface area (Å²) in [6.07, 6.45) is 4.99. The molecule has 6 nitrogen and oxygen atoms in total. The zero-order valence-corrected chi connectivity index (χ0v) is 19.7. The summed E-state index contributed by atoms with van der Waals surface area (Å²) in [5, 5.41) is 0. The van der Waals surface area contributed by atoms with Crippen LogP contribution in [0.15, 0.2) is 12.1 Å². The van der Waals surface area contributed by atoms with E-state index >= 15 is 0 Å². The van der Waals surface area contributed by atoms with Crippen LogP contribution in [0.3, 0.4) is 0 Å². The number of piperidine rings is 1. The highest BCUT2D eigenvalue weighted by Crippen LogP contribution is 2.53. The van der Waals surface area contributed by atoms with E-state index in [0.717, 1.165) is 51.0 Å². The van der Waals surface area contributed by atoms with Gasteiger partial charge in [-0.3, -0.25) is 4.90 Å². The molecule has 176 valence electrons. The lowest BCUT2D eigenvalue weighted by atomic mass is 9.57. The first kappa shape index (κ1) is 23.0. The molecule has 0 N–H and O–H groups in total. The number of carbonyl (C=O) groups is 2. The number of methoxy groups -OCH3 is 1. The lowest BCUT2D eigenvalue weighted by Crippen LogP contribution is -2.51. The SMILES string of the molecule is COC(=O)c1cc(F)c2c(c1)CCN(CC1CC3(CCN(C(=O)OC(C)(C)C)CC3)C1)C2. The average Bonchev–Trinajstić information content (AvgIpc) is 2.71. The van der Waals surface area contributed by atoms with Gasteiger partial charge in [-0.1, -0.05) is 0 Å². The van der Waals surface area contributed by atoms with Gasteiger partial charge in [0.15, 0.2) is 0 Å². The topological polar surface area (TPSA) is 59.1 Å². The number of hydrogen-bond acceptors (Lipinski definition) is 5. The molecule has 0 unspecified atom stereocenters. The maximum absolute atomic E-state index is 14.6. The monoisotopic (exact) mass is 446 g/mol. The van der Waals surface area contributed by atoms with Crippen LogP contribution in [0.4, 0.5) is 9.18 Å². The molecule has 3 aliphatic rings. The third-order valence-corrected chi connectivity index (χ3v) is 7.22. The molecule has 0 radical (unpaired) electrons. The van der Waals surface area contributed by atoms with E-state index in [1.54, 1.807) is 6.07 Å². The molecule has 1 amide bonds. The molecular formula is C25H35FN2O4. The standard InChI is InChI=1S/C25H35FN2O4/c1-24(2,3)32-23(30)28-9-6-25(7-10-28)13-17(14-25)15-27-8-5-18-11-19(22(29)31-4)12-21(26)20(18)16-27/h11-12,17H,5-10,13-16H2,1-4H3. The van der Waals surface area contributed by atoms with Crippen molar-refractivity contribution in [3.8, 4) is 0 Å². The second kappa shape index (κ2) is 8.65. The van der Waals surface area contributed by atoms with Gasteiger partial charge in [0.05, 0.1) is 12.7 Å². The lowest BCUT2D eigenvalue weighted by molar-refractivity contribution is -0.0363. The van der Waals surface area contributed by atoms with Gasteiger partial charge in [0.2, 0.25) is 0 Å². The van der Waals surface area contributed by atoms with Gasteiger partial charge >= 0.3 is 12.1 Å². The molecule has 1 saturated heterocycles. The Kier molecular flexibility index (Phi) is 6.23. The normalized spacial score (nSPS) is 21.1. The van der Waals surface area contributed by atoms with Crippen LogP contribution in [-0.2, 0) is 22.4 Å². The number of rotatable bonds is 3. The van der Waals surface area contributed by atoms with E-state index in [1.165, 1.54) is 26.0 Å². The number of halogens is 1. The van der Waals surface area contributed by atoms with E-state index in [1.807, 2.05) is 25.7 Å². The Morgan fingerprint density at radius 2 is 1.84 bits per heavy atom. The second-order valence-electron chi connectivity index (χ2n) is 10.8. The van der Waals surface area contributed by atoms with Crippen molar-refractivity contribution >= 4 is 12.1 Å². The van der Waals surface area contributed by atoms with E-state index in [0.29, 0.717) is 23.4 Å². The lowest BCUT2D eigenvalue weighted by Gasteiger charge is -2.53. The molecule has 1 spiro atoms. The molecule has 2 heterocycles. The van der Waals surface area contributed by atoms with Gasteiger partial charge in [0.1, 0.15) is 11.4 Å². The number of amides is 1. The molecule has 4 rings (SSSR count). The van der Waals surface area contributed by atoms with Gasteiger partial charge in [0.25, 0.3) is 0 Å². The molecule has 0 aromatic heterocycles. The van der Waals surface area contributed by atoms with Crippen LogP contribution in [0.2, 0.25) is 0 Å². The van der Waals surface area contributed by atoms with Gasteiger partial charge in [-0.15, -0.1) is 0 Å². The predicted molar refractivity (Wildman–Crippen MR) is 119 cm³/mol. The maximum Gasteiger partial charge on any atom is 0.410 e. The Hall–Kier alpha value is -2.15. The Balaban J connectivity index is 1.26. The highest BCUT2D eigenvalue weighted by atomic mass is 19.1. The van der Waals surface area contributed by atoms with Crippen molar-refractivity contribution in [3.63, 3.8) is 0 Å². The summed E-state index contributed by atoms with van der Waals surface area (Å²) in [5.41, 5.74) is 1.82. The Bertz CT molecular complexity index is 879. The first-order valence-electron chi connectivity index (χ1n) is 11.7. The van der Waals surface area contributed by atoms with Crippen molar-refractivity contribution < 1.29 is 23.5 Å². The van der Waals surface area contributed by atoms with E-state index in [4.69, 9.17) is 9.47 Å². The first-order valence-corrected chi connectivity index (χ1v) is 11.7. The number of fused-ring (bicyclic) bond motifs is 1. The minimum Gasteiger partial charge on any atom is -0.465 e. The van der Waals surface area contributed by atoms with Gasteiger partial charge in [-0.25, -0.2) is 14.0 Å². The minimum absolute atomic E-state index is 0.201. The summed E-state index contributed by atoms with van der Waals surface area (Å²) < 4.78 is 24.9. The number of likely N-dealkylation sites (tertiary alicyclic amines) is 1. The maximum atomic E-state index is 14.6. The zero-order chi connectivity index (χ0) is 23.1. The third kappa shape index (κ3) is 4.92. The predicted octanol–water partition coefficient (Wildman–Crippen LogP) is 4.40. The van der Waals surface area contributed by atoms with Crippen LogP contribution < -0.4 is 0 Å². The Morgan fingerprint density at radius 1 is 1.16 bits per heavy atom.